The fourth-order valence-electron chi connectivity index (χ4n) is 1.42. The topological polar surface area (TPSA) is 40.5 Å². The molecule has 0 amide bonds. The highest BCUT2D eigenvalue weighted by molar-refractivity contribution is 7.12. The molecule has 0 radical (unpaired) electrons. The number of unbranched alkanes of at least 4 members (excludes halogenated alkanes) is 1. The van der Waals surface area contributed by atoms with Gasteiger partial charge in [0.25, 0.3) is 0 Å². The van der Waals surface area contributed by atoms with Gasteiger partial charge >= 0.3 is 5.97 Å². The van der Waals surface area contributed by atoms with E-state index >= 15 is 0 Å². The van der Waals surface area contributed by atoms with Crippen LogP contribution < -0.4 is 4.90 Å². The number of carboxylic acids is 1. The van der Waals surface area contributed by atoms with Crippen molar-refractivity contribution < 1.29 is 9.90 Å². The molecule has 15 heavy (non-hydrogen) atoms. The van der Waals surface area contributed by atoms with Crippen LogP contribution in [0.5, 0.6) is 0 Å². The van der Waals surface area contributed by atoms with Crippen molar-refractivity contribution in [2.24, 2.45) is 0 Å². The van der Waals surface area contributed by atoms with Crippen LogP contribution in [0.2, 0.25) is 0 Å². The summed E-state index contributed by atoms with van der Waals surface area (Å²) in [6.45, 7) is 6.18. The van der Waals surface area contributed by atoms with E-state index < -0.39 is 5.97 Å². The average Bonchev–Trinajstić information content (AvgIpc) is 2.68. The van der Waals surface area contributed by atoms with Gasteiger partial charge in [-0.05, 0) is 19.4 Å². The molecule has 0 atom stereocenters. The van der Waals surface area contributed by atoms with Gasteiger partial charge in [0.05, 0.1) is 0 Å². The Balaban J connectivity index is 2.69. The number of hydrogen-bond acceptors (Lipinski definition) is 3. The molecule has 1 rings (SSSR count). The Morgan fingerprint density at radius 3 is 2.73 bits per heavy atom. The van der Waals surface area contributed by atoms with Crippen molar-refractivity contribution in [1.29, 1.82) is 0 Å². The predicted molar refractivity (Wildman–Crippen MR) is 64.1 cm³/mol. The van der Waals surface area contributed by atoms with Crippen molar-refractivity contribution >= 4 is 23.0 Å². The molecule has 0 unspecified atom stereocenters. The minimum absolute atomic E-state index is 0.417. The van der Waals surface area contributed by atoms with E-state index in [1.54, 1.807) is 6.07 Å². The summed E-state index contributed by atoms with van der Waals surface area (Å²) in [6, 6.07) is 1.76. The first kappa shape index (κ1) is 12.0. The summed E-state index contributed by atoms with van der Waals surface area (Å²) < 4.78 is 0. The van der Waals surface area contributed by atoms with Crippen LogP contribution in [0.15, 0.2) is 11.4 Å². The summed E-state index contributed by atoms with van der Waals surface area (Å²) in [5, 5.41) is 10.7. The molecule has 0 aliphatic carbocycles. The van der Waals surface area contributed by atoms with Gasteiger partial charge in [-0.1, -0.05) is 13.3 Å². The quantitative estimate of drug-likeness (QED) is 0.812. The van der Waals surface area contributed by atoms with Crippen LogP contribution in [0, 0.1) is 0 Å². The van der Waals surface area contributed by atoms with Crippen LogP contribution in [0.3, 0.4) is 0 Å². The molecular formula is C11H17NO2S. The molecule has 1 heterocycles. The highest BCUT2D eigenvalue weighted by Gasteiger charge is 2.10. The normalized spacial score (nSPS) is 10.3. The third-order valence-electron chi connectivity index (χ3n) is 2.32. The van der Waals surface area contributed by atoms with Crippen molar-refractivity contribution in [1.82, 2.24) is 0 Å². The van der Waals surface area contributed by atoms with Crippen molar-refractivity contribution in [3.8, 4) is 0 Å². The monoisotopic (exact) mass is 227 g/mol. The van der Waals surface area contributed by atoms with Gasteiger partial charge in [-0.15, -0.1) is 11.3 Å². The lowest BCUT2D eigenvalue weighted by Gasteiger charge is -2.20. The number of hydrogen-bond donors (Lipinski definition) is 1. The second-order valence-electron chi connectivity index (χ2n) is 3.41. The van der Waals surface area contributed by atoms with Gasteiger partial charge in [0.15, 0.2) is 0 Å². The zero-order valence-corrected chi connectivity index (χ0v) is 10.0. The van der Waals surface area contributed by atoms with Crippen molar-refractivity contribution in [2.75, 3.05) is 18.0 Å². The Kier molecular flexibility index (Phi) is 4.62. The molecule has 84 valence electrons. The molecule has 1 aromatic heterocycles. The van der Waals surface area contributed by atoms with Gasteiger partial charge in [-0.3, -0.25) is 0 Å². The Morgan fingerprint density at radius 1 is 1.53 bits per heavy atom. The maximum Gasteiger partial charge on any atom is 0.345 e. The van der Waals surface area contributed by atoms with E-state index in [4.69, 9.17) is 5.11 Å². The Bertz CT molecular complexity index is 322. The first-order valence-corrected chi connectivity index (χ1v) is 6.13. The molecule has 4 heteroatoms. The molecule has 0 spiro atoms. The molecule has 0 saturated heterocycles. The van der Waals surface area contributed by atoms with Crippen LogP contribution in [0.25, 0.3) is 0 Å². The number of rotatable bonds is 6. The lowest BCUT2D eigenvalue weighted by molar-refractivity contribution is 0.0702. The van der Waals surface area contributed by atoms with E-state index in [1.807, 2.05) is 5.38 Å². The third-order valence-corrected chi connectivity index (χ3v) is 3.23. The molecule has 0 aromatic carbocycles. The maximum atomic E-state index is 10.7. The van der Waals surface area contributed by atoms with Gasteiger partial charge in [0, 0.05) is 24.2 Å². The van der Waals surface area contributed by atoms with Gasteiger partial charge in [-0.25, -0.2) is 4.79 Å². The fraction of sp³-hybridized carbons (Fsp3) is 0.545. The van der Waals surface area contributed by atoms with Gasteiger partial charge < -0.3 is 10.0 Å². The fourth-order valence-corrected chi connectivity index (χ4v) is 2.18. The van der Waals surface area contributed by atoms with Crippen molar-refractivity contribution in [2.45, 2.75) is 26.7 Å². The largest absolute Gasteiger partial charge is 0.477 e. The van der Waals surface area contributed by atoms with Gasteiger partial charge in [0.1, 0.15) is 4.88 Å². The summed E-state index contributed by atoms with van der Waals surface area (Å²) in [5.41, 5.74) is 1.04. The van der Waals surface area contributed by atoms with E-state index in [0.29, 0.717) is 4.88 Å². The van der Waals surface area contributed by atoms with E-state index in [0.717, 1.165) is 31.6 Å². The number of carbonyl (C=O) groups is 1. The minimum atomic E-state index is -0.835. The van der Waals surface area contributed by atoms with Crippen LogP contribution in [0.4, 0.5) is 5.69 Å². The Hall–Kier alpha value is -1.03. The van der Waals surface area contributed by atoms with Gasteiger partial charge in [0.2, 0.25) is 0 Å². The average molecular weight is 227 g/mol. The second kappa shape index (κ2) is 5.75. The van der Waals surface area contributed by atoms with Crippen LogP contribution in [-0.2, 0) is 0 Å². The number of anilines is 1. The highest BCUT2D eigenvalue weighted by Crippen LogP contribution is 2.23. The molecule has 1 aromatic rings. The molecule has 0 aliphatic heterocycles. The molecule has 0 aliphatic rings. The summed E-state index contributed by atoms with van der Waals surface area (Å²) >= 11 is 1.29. The molecule has 0 bridgehead atoms. The number of aromatic carboxylic acids is 1. The lowest BCUT2D eigenvalue weighted by atomic mass is 10.3. The summed E-state index contributed by atoms with van der Waals surface area (Å²) in [7, 11) is 0. The zero-order valence-electron chi connectivity index (χ0n) is 9.19. The molecule has 1 N–H and O–H groups in total. The smallest absolute Gasteiger partial charge is 0.345 e. The van der Waals surface area contributed by atoms with Crippen LogP contribution in [0.1, 0.15) is 36.4 Å². The lowest BCUT2D eigenvalue weighted by Crippen LogP contribution is -2.23. The Labute approximate surface area is 94.3 Å². The highest BCUT2D eigenvalue weighted by atomic mass is 32.1. The van der Waals surface area contributed by atoms with Crippen LogP contribution in [-0.4, -0.2) is 24.2 Å². The van der Waals surface area contributed by atoms with E-state index in [2.05, 4.69) is 18.7 Å². The van der Waals surface area contributed by atoms with Crippen molar-refractivity contribution in [3.63, 3.8) is 0 Å². The summed E-state index contributed by atoms with van der Waals surface area (Å²) in [5.74, 6) is -0.835. The van der Waals surface area contributed by atoms with Crippen molar-refractivity contribution in [3.05, 3.63) is 16.3 Å². The first-order chi connectivity index (χ1) is 7.19. The maximum absolute atomic E-state index is 10.7. The summed E-state index contributed by atoms with van der Waals surface area (Å²) in [6.07, 6.45) is 2.30. The number of thiophene rings is 1. The first-order valence-electron chi connectivity index (χ1n) is 5.25. The standard InChI is InChI=1S/C11H17NO2S/c1-3-5-6-12(4-2)9-7-10(11(13)14)15-8-9/h7-8H,3-6H2,1-2H3,(H,13,14). The molecular weight excluding hydrogens is 210 g/mol. The zero-order chi connectivity index (χ0) is 11.3. The van der Waals surface area contributed by atoms with E-state index in [-0.39, 0.29) is 0 Å². The predicted octanol–water partition coefficient (Wildman–Crippen LogP) is 3.07. The molecule has 3 nitrogen and oxygen atoms in total. The number of nitrogens with zero attached hydrogens (tertiary/aromatic N) is 1. The molecule has 0 saturated carbocycles. The van der Waals surface area contributed by atoms with Gasteiger partial charge in [-0.2, -0.15) is 0 Å². The van der Waals surface area contributed by atoms with E-state index in [1.165, 1.54) is 11.3 Å². The summed E-state index contributed by atoms with van der Waals surface area (Å²) in [4.78, 5) is 13.4. The SMILES string of the molecule is CCCCN(CC)c1csc(C(=O)O)c1. The molecule has 0 fully saturated rings. The van der Waals surface area contributed by atoms with Crippen LogP contribution >= 0.6 is 11.3 Å². The number of carboxylic acid groups (broad SMARTS) is 1. The minimum Gasteiger partial charge on any atom is -0.477 e. The Morgan fingerprint density at radius 2 is 2.27 bits per heavy atom. The van der Waals surface area contributed by atoms with E-state index in [9.17, 15) is 4.79 Å². The third kappa shape index (κ3) is 3.23. The second-order valence-corrected chi connectivity index (χ2v) is 4.32.